The number of ether oxygens (including phenoxy) is 1. The van der Waals surface area contributed by atoms with Crippen LogP contribution in [0.3, 0.4) is 0 Å². The van der Waals surface area contributed by atoms with Crippen LogP contribution in [0.5, 0.6) is 5.75 Å². The fourth-order valence-corrected chi connectivity index (χ4v) is 3.44. The van der Waals surface area contributed by atoms with Gasteiger partial charge in [0.15, 0.2) is 0 Å². The maximum atomic E-state index is 5.32. The topological polar surface area (TPSA) is 21.3 Å². The minimum absolute atomic E-state index is 0.838. The quantitative estimate of drug-likeness (QED) is 0.592. The summed E-state index contributed by atoms with van der Waals surface area (Å²) in [5.74, 6) is 0.838. The first-order valence-electron chi connectivity index (χ1n) is 7.01. The molecule has 0 aliphatic carbocycles. The SMILES string of the molecule is COc1cc(NCCCCc2ccccc2)c(Br)cc1Br. The van der Waals surface area contributed by atoms with Gasteiger partial charge in [-0.15, -0.1) is 0 Å². The Kier molecular flexibility index (Phi) is 6.58. The largest absolute Gasteiger partial charge is 0.495 e. The Morgan fingerprint density at radius 1 is 1.00 bits per heavy atom. The molecule has 0 unspecified atom stereocenters. The zero-order valence-electron chi connectivity index (χ0n) is 12.0. The van der Waals surface area contributed by atoms with Crippen molar-refractivity contribution in [3.63, 3.8) is 0 Å². The second kappa shape index (κ2) is 8.44. The van der Waals surface area contributed by atoms with Gasteiger partial charge < -0.3 is 10.1 Å². The van der Waals surface area contributed by atoms with Crippen LogP contribution in [0.15, 0.2) is 51.4 Å². The molecule has 112 valence electrons. The van der Waals surface area contributed by atoms with Gasteiger partial charge >= 0.3 is 0 Å². The highest BCUT2D eigenvalue weighted by atomic mass is 79.9. The highest BCUT2D eigenvalue weighted by molar-refractivity contribution is 9.11. The average Bonchev–Trinajstić information content (AvgIpc) is 2.50. The van der Waals surface area contributed by atoms with E-state index in [2.05, 4.69) is 67.5 Å². The Balaban J connectivity index is 1.78. The van der Waals surface area contributed by atoms with Gasteiger partial charge in [-0.05, 0) is 62.8 Å². The minimum Gasteiger partial charge on any atom is -0.495 e. The van der Waals surface area contributed by atoms with Crippen molar-refractivity contribution in [1.82, 2.24) is 0 Å². The van der Waals surface area contributed by atoms with E-state index >= 15 is 0 Å². The van der Waals surface area contributed by atoms with Crippen molar-refractivity contribution in [2.24, 2.45) is 0 Å². The lowest BCUT2D eigenvalue weighted by molar-refractivity contribution is 0.412. The molecule has 0 fully saturated rings. The second-order valence-electron chi connectivity index (χ2n) is 4.84. The zero-order valence-corrected chi connectivity index (χ0v) is 15.2. The van der Waals surface area contributed by atoms with E-state index in [-0.39, 0.29) is 0 Å². The first-order valence-corrected chi connectivity index (χ1v) is 8.60. The summed E-state index contributed by atoms with van der Waals surface area (Å²) in [4.78, 5) is 0. The molecule has 4 heteroatoms. The fourth-order valence-electron chi connectivity index (χ4n) is 2.14. The molecule has 0 amide bonds. The Hall–Kier alpha value is -1.000. The Labute approximate surface area is 143 Å². The molecule has 0 aliphatic rings. The third-order valence-corrected chi connectivity index (χ3v) is 4.57. The van der Waals surface area contributed by atoms with Crippen molar-refractivity contribution < 1.29 is 4.74 Å². The molecule has 1 N–H and O–H groups in total. The third-order valence-electron chi connectivity index (χ3n) is 3.29. The molecule has 0 bridgehead atoms. The number of rotatable bonds is 7. The highest BCUT2D eigenvalue weighted by Crippen LogP contribution is 2.34. The normalized spacial score (nSPS) is 10.4. The number of benzene rings is 2. The molecule has 0 aliphatic heterocycles. The molecular formula is C17H19Br2NO. The summed E-state index contributed by atoms with van der Waals surface area (Å²) in [5.41, 5.74) is 2.47. The lowest BCUT2D eigenvalue weighted by atomic mass is 10.1. The van der Waals surface area contributed by atoms with Gasteiger partial charge in [-0.2, -0.15) is 0 Å². The molecule has 0 aromatic heterocycles. The van der Waals surface area contributed by atoms with Crippen molar-refractivity contribution in [2.45, 2.75) is 19.3 Å². The van der Waals surface area contributed by atoms with Gasteiger partial charge in [-0.25, -0.2) is 0 Å². The van der Waals surface area contributed by atoms with Crippen molar-refractivity contribution in [3.8, 4) is 5.75 Å². The van der Waals surface area contributed by atoms with Crippen LogP contribution in [0.4, 0.5) is 5.69 Å². The average molecular weight is 413 g/mol. The van der Waals surface area contributed by atoms with Gasteiger partial charge in [0.25, 0.3) is 0 Å². The standard InChI is InChI=1S/C17H19Br2NO/c1-21-17-12-16(14(18)11-15(17)19)20-10-6-5-9-13-7-3-2-4-8-13/h2-4,7-8,11-12,20H,5-6,9-10H2,1H3. The van der Waals surface area contributed by atoms with Gasteiger partial charge in [0.05, 0.1) is 17.3 Å². The van der Waals surface area contributed by atoms with E-state index in [4.69, 9.17) is 4.74 Å². The predicted molar refractivity (Wildman–Crippen MR) is 96.3 cm³/mol. The van der Waals surface area contributed by atoms with Crippen LogP contribution in [-0.4, -0.2) is 13.7 Å². The Bertz CT molecular complexity index is 573. The molecule has 21 heavy (non-hydrogen) atoms. The van der Waals surface area contributed by atoms with Gasteiger partial charge in [-0.3, -0.25) is 0 Å². The van der Waals surface area contributed by atoms with E-state index in [0.29, 0.717) is 0 Å². The lowest BCUT2D eigenvalue weighted by Crippen LogP contribution is -2.03. The molecule has 2 aromatic carbocycles. The van der Waals surface area contributed by atoms with E-state index in [1.807, 2.05) is 12.1 Å². The Morgan fingerprint density at radius 2 is 1.76 bits per heavy atom. The van der Waals surface area contributed by atoms with Crippen molar-refractivity contribution >= 4 is 37.5 Å². The minimum atomic E-state index is 0.838. The van der Waals surface area contributed by atoms with Gasteiger partial charge in [0, 0.05) is 17.1 Å². The highest BCUT2D eigenvalue weighted by Gasteiger charge is 2.06. The summed E-state index contributed by atoms with van der Waals surface area (Å²) in [7, 11) is 1.68. The van der Waals surface area contributed by atoms with Gasteiger partial charge in [0.1, 0.15) is 5.75 Å². The lowest BCUT2D eigenvalue weighted by Gasteiger charge is -2.12. The van der Waals surface area contributed by atoms with Crippen LogP contribution in [-0.2, 0) is 6.42 Å². The molecule has 0 saturated heterocycles. The van der Waals surface area contributed by atoms with E-state index in [0.717, 1.165) is 39.8 Å². The monoisotopic (exact) mass is 411 g/mol. The fraction of sp³-hybridized carbons (Fsp3) is 0.294. The van der Waals surface area contributed by atoms with Crippen LogP contribution >= 0.6 is 31.9 Å². The second-order valence-corrected chi connectivity index (χ2v) is 6.54. The summed E-state index contributed by atoms with van der Waals surface area (Å²) >= 11 is 7.05. The molecule has 0 atom stereocenters. The van der Waals surface area contributed by atoms with Crippen molar-refractivity contribution in [1.29, 1.82) is 0 Å². The first-order chi connectivity index (χ1) is 10.2. The van der Waals surface area contributed by atoms with Crippen molar-refractivity contribution in [3.05, 3.63) is 57.0 Å². The summed E-state index contributed by atoms with van der Waals surface area (Å²) in [6.45, 7) is 0.955. The maximum Gasteiger partial charge on any atom is 0.135 e. The number of halogens is 2. The van der Waals surface area contributed by atoms with Crippen LogP contribution < -0.4 is 10.1 Å². The van der Waals surface area contributed by atoms with Gasteiger partial charge in [-0.1, -0.05) is 30.3 Å². The predicted octanol–water partition coefficient (Wildman–Crippen LogP) is 5.66. The first kappa shape index (κ1) is 16.4. The molecular weight excluding hydrogens is 394 g/mol. The number of methoxy groups -OCH3 is 1. The molecule has 0 radical (unpaired) electrons. The number of hydrogen-bond donors (Lipinski definition) is 1. The van der Waals surface area contributed by atoms with Gasteiger partial charge in [0.2, 0.25) is 0 Å². The molecule has 0 spiro atoms. The van der Waals surface area contributed by atoms with E-state index in [1.165, 1.54) is 12.0 Å². The molecule has 2 aromatic rings. The summed E-state index contributed by atoms with van der Waals surface area (Å²) < 4.78 is 7.31. The Morgan fingerprint density at radius 3 is 2.48 bits per heavy atom. The van der Waals surface area contributed by atoms with Crippen LogP contribution in [0, 0.1) is 0 Å². The molecule has 2 rings (SSSR count). The number of anilines is 1. The number of unbranched alkanes of at least 4 members (excludes halogenated alkanes) is 1. The van der Waals surface area contributed by atoms with E-state index < -0.39 is 0 Å². The third kappa shape index (κ3) is 5.04. The van der Waals surface area contributed by atoms with Crippen LogP contribution in [0.25, 0.3) is 0 Å². The number of hydrogen-bond acceptors (Lipinski definition) is 2. The molecule has 0 saturated carbocycles. The maximum absolute atomic E-state index is 5.32. The molecule has 2 nitrogen and oxygen atoms in total. The summed E-state index contributed by atoms with van der Waals surface area (Å²) in [6.07, 6.45) is 3.45. The van der Waals surface area contributed by atoms with Crippen molar-refractivity contribution in [2.75, 3.05) is 19.0 Å². The summed E-state index contributed by atoms with van der Waals surface area (Å²) in [5, 5.41) is 3.45. The van der Waals surface area contributed by atoms with E-state index in [9.17, 15) is 0 Å². The number of aryl methyl sites for hydroxylation is 1. The molecule has 0 heterocycles. The van der Waals surface area contributed by atoms with Crippen LogP contribution in [0.2, 0.25) is 0 Å². The van der Waals surface area contributed by atoms with E-state index in [1.54, 1.807) is 7.11 Å². The zero-order chi connectivity index (χ0) is 15.1. The number of nitrogens with one attached hydrogen (secondary N) is 1. The smallest absolute Gasteiger partial charge is 0.135 e. The summed E-state index contributed by atoms with van der Waals surface area (Å²) in [6, 6.07) is 14.6. The van der Waals surface area contributed by atoms with Crippen LogP contribution in [0.1, 0.15) is 18.4 Å².